The Kier molecular flexibility index (Phi) is 4.38. The average molecular weight is 380 g/mol. The first kappa shape index (κ1) is 17.7. The van der Waals surface area contributed by atoms with Crippen LogP contribution in [-0.4, -0.2) is 53.0 Å². The summed E-state index contributed by atoms with van der Waals surface area (Å²) in [5.41, 5.74) is 4.58. The number of guanidine groups is 1. The fourth-order valence-corrected chi connectivity index (χ4v) is 5.38. The van der Waals surface area contributed by atoms with Crippen LogP contribution in [0.15, 0.2) is 35.3 Å². The maximum Gasteiger partial charge on any atom is 0.193 e. The van der Waals surface area contributed by atoms with Gasteiger partial charge in [-0.05, 0) is 38.8 Å². The van der Waals surface area contributed by atoms with Crippen LogP contribution in [0.4, 0.5) is 0 Å². The van der Waals surface area contributed by atoms with Crippen LogP contribution in [0.25, 0.3) is 5.69 Å². The summed E-state index contributed by atoms with van der Waals surface area (Å²) < 4.78 is 8.14. The summed E-state index contributed by atoms with van der Waals surface area (Å²) in [7, 11) is 1.88. The van der Waals surface area contributed by atoms with Gasteiger partial charge in [0.25, 0.3) is 0 Å². The van der Waals surface area contributed by atoms with Crippen molar-refractivity contribution < 1.29 is 4.74 Å². The summed E-state index contributed by atoms with van der Waals surface area (Å²) >= 11 is 0. The van der Waals surface area contributed by atoms with Crippen molar-refractivity contribution in [3.8, 4) is 5.69 Å². The van der Waals surface area contributed by atoms with Crippen molar-refractivity contribution >= 4 is 5.96 Å². The highest BCUT2D eigenvalue weighted by Gasteiger charge is 2.53. The smallest absolute Gasteiger partial charge is 0.193 e. The van der Waals surface area contributed by atoms with E-state index in [4.69, 9.17) is 9.84 Å². The van der Waals surface area contributed by atoms with E-state index >= 15 is 0 Å². The molecule has 4 unspecified atom stereocenters. The predicted molar refractivity (Wildman–Crippen MR) is 110 cm³/mol. The third-order valence-corrected chi connectivity index (χ3v) is 6.83. The topological polar surface area (TPSA) is 54.7 Å². The molecular weight excluding hydrogens is 350 g/mol. The summed E-state index contributed by atoms with van der Waals surface area (Å²) in [6.07, 6.45) is 3.43. The van der Waals surface area contributed by atoms with E-state index in [1.54, 1.807) is 0 Å². The molecule has 1 N–H and O–H groups in total. The summed E-state index contributed by atoms with van der Waals surface area (Å²) in [4.78, 5) is 7.00. The van der Waals surface area contributed by atoms with Gasteiger partial charge in [0.1, 0.15) is 0 Å². The highest BCUT2D eigenvalue weighted by atomic mass is 16.5. The second kappa shape index (κ2) is 6.92. The number of nitrogens with zero attached hydrogens (tertiary/aromatic N) is 4. The molecule has 4 atom stereocenters. The van der Waals surface area contributed by atoms with Crippen LogP contribution >= 0.6 is 0 Å². The van der Waals surface area contributed by atoms with Crippen LogP contribution < -0.4 is 5.32 Å². The largest absolute Gasteiger partial charge is 0.374 e. The predicted octanol–water partition coefficient (Wildman–Crippen LogP) is 2.67. The molecule has 1 aromatic carbocycles. The molecular formula is C22H29N5O. The fourth-order valence-electron chi connectivity index (χ4n) is 5.38. The Hall–Kier alpha value is -2.34. The minimum absolute atomic E-state index is 0.478. The number of likely N-dealkylation sites (tertiary alicyclic amines) is 1. The van der Waals surface area contributed by atoms with E-state index in [1.807, 2.05) is 29.9 Å². The van der Waals surface area contributed by atoms with E-state index in [2.05, 4.69) is 41.2 Å². The van der Waals surface area contributed by atoms with Gasteiger partial charge in [0.15, 0.2) is 5.96 Å². The zero-order valence-electron chi connectivity index (χ0n) is 16.9. The van der Waals surface area contributed by atoms with Crippen LogP contribution in [-0.2, 0) is 11.3 Å². The van der Waals surface area contributed by atoms with E-state index in [9.17, 15) is 0 Å². The molecule has 4 heterocycles. The van der Waals surface area contributed by atoms with Gasteiger partial charge in [-0.1, -0.05) is 18.2 Å². The van der Waals surface area contributed by atoms with Gasteiger partial charge in [0.2, 0.25) is 0 Å². The monoisotopic (exact) mass is 379 g/mol. The molecule has 3 aliphatic heterocycles. The standard InChI is InChI=1S/C22H29N5O/c1-14-17(15(2)27(25-14)16-7-5-4-6-8-16)11-24-22(23-3)26-12-18-19(13-26)21-10-9-20(18)28-21/h4-8,18-21H,9-13H2,1-3H3,(H,23,24). The first-order valence-corrected chi connectivity index (χ1v) is 10.4. The van der Waals surface area contributed by atoms with E-state index in [-0.39, 0.29) is 0 Å². The molecule has 3 aliphatic rings. The number of nitrogens with one attached hydrogen (secondary N) is 1. The third-order valence-electron chi connectivity index (χ3n) is 6.83. The molecule has 3 fully saturated rings. The number of aromatic nitrogens is 2. The summed E-state index contributed by atoms with van der Waals surface area (Å²) in [5.74, 6) is 2.36. The molecule has 5 rings (SSSR count). The van der Waals surface area contributed by atoms with Crippen molar-refractivity contribution in [3.05, 3.63) is 47.3 Å². The first-order valence-electron chi connectivity index (χ1n) is 10.4. The number of rotatable bonds is 3. The Bertz CT molecular complexity index is 872. The lowest BCUT2D eigenvalue weighted by atomic mass is 9.82. The molecule has 148 valence electrons. The van der Waals surface area contributed by atoms with Crippen LogP contribution in [0.3, 0.4) is 0 Å². The zero-order valence-corrected chi connectivity index (χ0v) is 16.9. The maximum absolute atomic E-state index is 6.11. The van der Waals surface area contributed by atoms with Crippen molar-refractivity contribution in [3.63, 3.8) is 0 Å². The lowest BCUT2D eigenvalue weighted by Crippen LogP contribution is -2.41. The molecule has 0 amide bonds. The van der Waals surface area contributed by atoms with E-state index in [0.717, 1.165) is 37.0 Å². The van der Waals surface area contributed by atoms with E-state index < -0.39 is 0 Å². The number of ether oxygens (including phenoxy) is 1. The highest BCUT2D eigenvalue weighted by Crippen LogP contribution is 2.47. The fraction of sp³-hybridized carbons (Fsp3) is 0.545. The Morgan fingerprint density at radius 3 is 2.46 bits per heavy atom. The van der Waals surface area contributed by atoms with Gasteiger partial charge >= 0.3 is 0 Å². The molecule has 0 saturated carbocycles. The molecule has 28 heavy (non-hydrogen) atoms. The van der Waals surface area contributed by atoms with Gasteiger partial charge in [0, 0.05) is 49.8 Å². The summed E-state index contributed by atoms with van der Waals surface area (Å²) in [6.45, 7) is 7.09. The van der Waals surface area contributed by atoms with Gasteiger partial charge in [-0.3, -0.25) is 4.99 Å². The average Bonchev–Trinajstić information content (AvgIpc) is 3.46. The molecule has 3 saturated heterocycles. The van der Waals surface area contributed by atoms with Crippen LogP contribution in [0.1, 0.15) is 29.8 Å². The Morgan fingerprint density at radius 1 is 1.14 bits per heavy atom. The van der Waals surface area contributed by atoms with Crippen molar-refractivity contribution in [1.82, 2.24) is 20.0 Å². The van der Waals surface area contributed by atoms with Crippen molar-refractivity contribution in [2.24, 2.45) is 16.8 Å². The molecule has 0 aliphatic carbocycles. The minimum Gasteiger partial charge on any atom is -0.374 e. The first-order chi connectivity index (χ1) is 13.7. The number of hydrogen-bond donors (Lipinski definition) is 1. The molecule has 0 spiro atoms. The summed E-state index contributed by atoms with van der Waals surface area (Å²) in [5, 5.41) is 8.36. The highest BCUT2D eigenvalue weighted by molar-refractivity contribution is 5.80. The number of fused-ring (bicyclic) bond motifs is 5. The number of aryl methyl sites for hydroxylation is 1. The summed E-state index contributed by atoms with van der Waals surface area (Å²) in [6, 6.07) is 10.3. The lowest BCUT2D eigenvalue weighted by Gasteiger charge is -2.23. The van der Waals surface area contributed by atoms with Crippen molar-refractivity contribution in [2.45, 2.75) is 45.4 Å². The maximum atomic E-state index is 6.11. The third kappa shape index (κ3) is 2.82. The van der Waals surface area contributed by atoms with E-state index in [0.29, 0.717) is 24.0 Å². The molecule has 1 aromatic heterocycles. The van der Waals surface area contributed by atoms with Gasteiger partial charge in [-0.15, -0.1) is 0 Å². The molecule has 6 heteroatoms. The minimum atomic E-state index is 0.478. The van der Waals surface area contributed by atoms with Crippen LogP contribution in [0.2, 0.25) is 0 Å². The normalized spacial score (nSPS) is 28.8. The van der Waals surface area contributed by atoms with Crippen LogP contribution in [0.5, 0.6) is 0 Å². The Morgan fingerprint density at radius 2 is 1.82 bits per heavy atom. The van der Waals surface area contributed by atoms with Gasteiger partial charge in [0.05, 0.1) is 23.6 Å². The quantitative estimate of drug-likeness (QED) is 0.658. The Balaban J connectivity index is 1.29. The number of hydrogen-bond acceptors (Lipinski definition) is 3. The molecule has 2 bridgehead atoms. The molecule has 2 aromatic rings. The van der Waals surface area contributed by atoms with Gasteiger partial charge in [-0.25, -0.2) is 4.68 Å². The number of aliphatic imine (C=N–C) groups is 1. The van der Waals surface area contributed by atoms with Gasteiger partial charge < -0.3 is 15.0 Å². The molecule has 0 radical (unpaired) electrons. The van der Waals surface area contributed by atoms with E-state index in [1.165, 1.54) is 24.1 Å². The number of benzene rings is 1. The van der Waals surface area contributed by atoms with Crippen LogP contribution in [0, 0.1) is 25.7 Å². The van der Waals surface area contributed by atoms with Crippen molar-refractivity contribution in [1.29, 1.82) is 0 Å². The van der Waals surface area contributed by atoms with Gasteiger partial charge in [-0.2, -0.15) is 5.10 Å². The second-order valence-corrected chi connectivity index (χ2v) is 8.32. The second-order valence-electron chi connectivity index (χ2n) is 8.32. The zero-order chi connectivity index (χ0) is 19.3. The van der Waals surface area contributed by atoms with Crippen molar-refractivity contribution in [2.75, 3.05) is 20.1 Å². The molecule has 6 nitrogen and oxygen atoms in total. The number of para-hydroxylation sites is 1. The SMILES string of the molecule is CN=C(NCc1c(C)nn(-c2ccccc2)c1C)N1CC2C3CCC(O3)C2C1. The lowest BCUT2D eigenvalue weighted by molar-refractivity contribution is 0.0767. The Labute approximate surface area is 166 Å².